The number of carbonyl (C=O) groups is 1. The number of carbonyl (C=O) groups excluding carboxylic acids is 1. The molecule has 4 nitrogen and oxygen atoms in total. The van der Waals surface area contributed by atoms with Crippen LogP contribution in [0.25, 0.3) is 16.8 Å². The average Bonchev–Trinajstić information content (AvgIpc) is 2.87. The number of nitrogens with zero attached hydrogens (tertiary/aromatic N) is 2. The van der Waals surface area contributed by atoms with E-state index < -0.39 is 0 Å². The average molecular weight is 378 g/mol. The van der Waals surface area contributed by atoms with Crippen LogP contribution in [0, 0.1) is 3.70 Å². The third-order valence-electron chi connectivity index (χ3n) is 3.11. The highest BCUT2D eigenvalue weighted by atomic mass is 127. The maximum atomic E-state index is 11.4. The van der Waals surface area contributed by atoms with Gasteiger partial charge in [0.25, 0.3) is 0 Å². The normalized spacial score (nSPS) is 10.7. The van der Waals surface area contributed by atoms with Crippen LogP contribution < -0.4 is 0 Å². The fraction of sp³-hybridized carbons (Fsp3) is 0.0667. The number of aromatic nitrogens is 2. The SMILES string of the molecule is COC(=O)c1ccc(-c2ccn3c(I)cnc3c2)cc1. The Bertz CT molecular complexity index is 778. The second-order valence-corrected chi connectivity index (χ2v) is 5.40. The molecule has 1 aromatic carbocycles. The van der Waals surface area contributed by atoms with Gasteiger partial charge in [-0.2, -0.15) is 0 Å². The van der Waals surface area contributed by atoms with Crippen molar-refractivity contribution in [2.24, 2.45) is 0 Å². The van der Waals surface area contributed by atoms with Gasteiger partial charge in [0.2, 0.25) is 0 Å². The van der Waals surface area contributed by atoms with Crippen LogP contribution in [0.15, 0.2) is 48.8 Å². The van der Waals surface area contributed by atoms with E-state index in [1.165, 1.54) is 7.11 Å². The van der Waals surface area contributed by atoms with Crippen LogP contribution in [0.2, 0.25) is 0 Å². The van der Waals surface area contributed by atoms with Crippen molar-refractivity contribution in [1.82, 2.24) is 9.38 Å². The lowest BCUT2D eigenvalue weighted by molar-refractivity contribution is 0.0601. The second-order valence-electron chi connectivity index (χ2n) is 4.29. The number of halogens is 1. The minimum atomic E-state index is -0.324. The summed E-state index contributed by atoms with van der Waals surface area (Å²) >= 11 is 2.24. The van der Waals surface area contributed by atoms with Crippen molar-refractivity contribution < 1.29 is 9.53 Å². The number of hydrogen-bond acceptors (Lipinski definition) is 3. The number of rotatable bonds is 2. The van der Waals surface area contributed by atoms with Crippen LogP contribution in [0.4, 0.5) is 0 Å². The molecule has 0 aliphatic carbocycles. The van der Waals surface area contributed by atoms with Crippen molar-refractivity contribution >= 4 is 34.2 Å². The van der Waals surface area contributed by atoms with E-state index in [1.54, 1.807) is 12.1 Å². The first-order chi connectivity index (χ1) is 9.69. The van der Waals surface area contributed by atoms with Gasteiger partial charge in [-0.05, 0) is 58.0 Å². The molecule has 0 N–H and O–H groups in total. The number of methoxy groups -OCH3 is 1. The molecule has 0 unspecified atom stereocenters. The lowest BCUT2D eigenvalue weighted by Gasteiger charge is -2.04. The smallest absolute Gasteiger partial charge is 0.337 e. The fourth-order valence-electron chi connectivity index (χ4n) is 2.05. The molecule has 5 heteroatoms. The standard InChI is InChI=1S/C15H11IN2O2/c1-20-15(19)11-4-2-10(3-5-11)12-6-7-18-13(16)9-17-14(18)8-12/h2-9H,1H3. The first-order valence-corrected chi connectivity index (χ1v) is 7.08. The largest absolute Gasteiger partial charge is 0.465 e. The molecule has 0 amide bonds. The lowest BCUT2D eigenvalue weighted by Crippen LogP contribution is -2.00. The van der Waals surface area contributed by atoms with Gasteiger partial charge >= 0.3 is 5.97 Å². The molecule has 100 valence electrons. The molecule has 0 atom stereocenters. The molecular weight excluding hydrogens is 367 g/mol. The topological polar surface area (TPSA) is 43.6 Å². The molecule has 0 aliphatic heterocycles. The third-order valence-corrected chi connectivity index (χ3v) is 3.91. The number of hydrogen-bond donors (Lipinski definition) is 0. The van der Waals surface area contributed by atoms with Gasteiger partial charge in [0.15, 0.2) is 0 Å². The Balaban J connectivity index is 2.00. The highest BCUT2D eigenvalue weighted by Crippen LogP contribution is 2.22. The van der Waals surface area contributed by atoms with E-state index in [0.717, 1.165) is 20.5 Å². The van der Waals surface area contributed by atoms with Crippen molar-refractivity contribution in [3.05, 3.63) is 58.1 Å². The predicted molar refractivity (Wildman–Crippen MR) is 84.7 cm³/mol. The molecule has 2 heterocycles. The lowest BCUT2D eigenvalue weighted by atomic mass is 10.1. The van der Waals surface area contributed by atoms with E-state index in [4.69, 9.17) is 0 Å². The minimum Gasteiger partial charge on any atom is -0.465 e. The van der Waals surface area contributed by atoms with Crippen molar-refractivity contribution in [1.29, 1.82) is 0 Å². The molecule has 0 bridgehead atoms. The van der Waals surface area contributed by atoms with E-state index >= 15 is 0 Å². The Kier molecular flexibility index (Phi) is 3.43. The first-order valence-electron chi connectivity index (χ1n) is 6.00. The molecule has 2 aromatic heterocycles. The Labute approximate surface area is 129 Å². The molecule has 0 spiro atoms. The molecule has 0 saturated heterocycles. The summed E-state index contributed by atoms with van der Waals surface area (Å²) in [5.41, 5.74) is 3.56. The second kappa shape index (κ2) is 5.24. The van der Waals surface area contributed by atoms with E-state index in [1.807, 2.05) is 41.1 Å². The van der Waals surface area contributed by atoms with Crippen LogP contribution in [-0.4, -0.2) is 22.5 Å². The van der Waals surface area contributed by atoms with Gasteiger partial charge in [-0.15, -0.1) is 0 Å². The van der Waals surface area contributed by atoms with Crippen LogP contribution in [0.1, 0.15) is 10.4 Å². The van der Waals surface area contributed by atoms with Gasteiger partial charge < -0.3 is 4.74 Å². The van der Waals surface area contributed by atoms with Gasteiger partial charge in [0, 0.05) is 6.20 Å². The number of fused-ring (bicyclic) bond motifs is 1. The van der Waals surface area contributed by atoms with Gasteiger partial charge in [-0.1, -0.05) is 12.1 Å². The number of ether oxygens (including phenoxy) is 1. The number of benzene rings is 1. The Hall–Kier alpha value is -1.89. The zero-order chi connectivity index (χ0) is 14.1. The summed E-state index contributed by atoms with van der Waals surface area (Å²) in [4.78, 5) is 15.7. The molecule has 0 saturated carbocycles. The van der Waals surface area contributed by atoms with Crippen molar-refractivity contribution in [2.45, 2.75) is 0 Å². The molecule has 20 heavy (non-hydrogen) atoms. The highest BCUT2D eigenvalue weighted by molar-refractivity contribution is 14.1. The maximum absolute atomic E-state index is 11.4. The van der Waals surface area contributed by atoms with Crippen LogP contribution in [0.3, 0.4) is 0 Å². The van der Waals surface area contributed by atoms with Gasteiger partial charge in [0.05, 0.1) is 18.9 Å². The van der Waals surface area contributed by atoms with E-state index in [2.05, 4.69) is 32.3 Å². The Morgan fingerprint density at radius 3 is 2.65 bits per heavy atom. The molecular formula is C15H11IN2O2. The van der Waals surface area contributed by atoms with Crippen LogP contribution in [0.5, 0.6) is 0 Å². The van der Waals surface area contributed by atoms with Gasteiger partial charge in [0.1, 0.15) is 9.35 Å². The highest BCUT2D eigenvalue weighted by Gasteiger charge is 2.06. The predicted octanol–water partition coefficient (Wildman–Crippen LogP) is 3.39. The quantitative estimate of drug-likeness (QED) is 0.507. The van der Waals surface area contributed by atoms with Gasteiger partial charge in [-0.25, -0.2) is 9.78 Å². The third kappa shape index (κ3) is 2.29. The summed E-state index contributed by atoms with van der Waals surface area (Å²) in [5, 5.41) is 0. The number of pyridine rings is 1. The van der Waals surface area contributed by atoms with E-state index in [0.29, 0.717) is 5.56 Å². The zero-order valence-corrected chi connectivity index (χ0v) is 12.9. The number of imidazole rings is 1. The van der Waals surface area contributed by atoms with Crippen molar-refractivity contribution in [2.75, 3.05) is 7.11 Å². The minimum absolute atomic E-state index is 0.324. The van der Waals surface area contributed by atoms with Crippen molar-refractivity contribution in [3.63, 3.8) is 0 Å². The molecule has 0 fully saturated rings. The molecule has 0 radical (unpaired) electrons. The Morgan fingerprint density at radius 1 is 1.20 bits per heavy atom. The summed E-state index contributed by atoms with van der Waals surface area (Å²) in [5.74, 6) is -0.324. The molecule has 3 rings (SSSR count). The monoisotopic (exact) mass is 378 g/mol. The molecule has 0 aliphatic rings. The summed E-state index contributed by atoms with van der Waals surface area (Å²) in [6, 6.07) is 11.4. The fourth-order valence-corrected chi connectivity index (χ4v) is 2.59. The summed E-state index contributed by atoms with van der Waals surface area (Å²) < 4.78 is 7.78. The van der Waals surface area contributed by atoms with Gasteiger partial charge in [-0.3, -0.25) is 4.40 Å². The Morgan fingerprint density at radius 2 is 1.95 bits per heavy atom. The van der Waals surface area contributed by atoms with E-state index in [9.17, 15) is 4.79 Å². The number of esters is 1. The summed E-state index contributed by atoms with van der Waals surface area (Å²) in [6.45, 7) is 0. The summed E-state index contributed by atoms with van der Waals surface area (Å²) in [6.07, 6.45) is 3.83. The summed E-state index contributed by atoms with van der Waals surface area (Å²) in [7, 11) is 1.38. The van der Waals surface area contributed by atoms with Crippen LogP contribution >= 0.6 is 22.6 Å². The van der Waals surface area contributed by atoms with E-state index in [-0.39, 0.29) is 5.97 Å². The molecule has 3 aromatic rings. The first kappa shape index (κ1) is 13.1. The van der Waals surface area contributed by atoms with Crippen LogP contribution in [-0.2, 0) is 4.74 Å². The van der Waals surface area contributed by atoms with Crippen molar-refractivity contribution in [3.8, 4) is 11.1 Å². The maximum Gasteiger partial charge on any atom is 0.337 e. The zero-order valence-electron chi connectivity index (χ0n) is 10.7.